The summed E-state index contributed by atoms with van der Waals surface area (Å²) in [7, 11) is 1.69. The van der Waals surface area contributed by atoms with Gasteiger partial charge in [-0.15, -0.1) is 0 Å². The number of rotatable bonds is 3. The van der Waals surface area contributed by atoms with E-state index in [4.69, 9.17) is 0 Å². The second-order valence-electron chi connectivity index (χ2n) is 1.91. The van der Waals surface area contributed by atoms with Crippen LogP contribution in [0, 0.1) is 0 Å². The van der Waals surface area contributed by atoms with E-state index in [9.17, 15) is 4.79 Å². The molecule has 0 saturated heterocycles. The van der Waals surface area contributed by atoms with Gasteiger partial charge in [0.05, 0.1) is 6.54 Å². The van der Waals surface area contributed by atoms with Crippen molar-refractivity contribution in [2.75, 3.05) is 18.9 Å². The number of carbonyl (C=O) groups excluding carboxylic acids is 1. The Hall–Kier alpha value is -1.43. The molecule has 60 valence electrons. The van der Waals surface area contributed by atoms with Gasteiger partial charge in [0.2, 0.25) is 11.9 Å². The van der Waals surface area contributed by atoms with Crippen molar-refractivity contribution in [1.82, 2.24) is 20.5 Å². The first-order chi connectivity index (χ1) is 5.33. The lowest BCUT2D eigenvalue weighted by atomic mass is 10.6. The van der Waals surface area contributed by atoms with Crippen molar-refractivity contribution >= 4 is 11.9 Å². The van der Waals surface area contributed by atoms with E-state index in [-0.39, 0.29) is 12.5 Å². The highest BCUT2D eigenvalue weighted by atomic mass is 16.2. The Morgan fingerprint density at radius 1 is 1.82 bits per heavy atom. The number of anilines is 1. The van der Waals surface area contributed by atoms with E-state index in [1.54, 1.807) is 7.05 Å². The van der Waals surface area contributed by atoms with Crippen molar-refractivity contribution < 1.29 is 4.79 Å². The first-order valence-corrected chi connectivity index (χ1v) is 3.12. The maximum absolute atomic E-state index is 10.8. The van der Waals surface area contributed by atoms with E-state index >= 15 is 0 Å². The average Bonchev–Trinajstić information content (AvgIpc) is 2.40. The molecule has 1 aromatic rings. The van der Waals surface area contributed by atoms with Gasteiger partial charge in [0.25, 0.3) is 0 Å². The summed E-state index contributed by atoms with van der Waals surface area (Å²) in [6.45, 7) is 0.265. The number of hydrogen-bond donors (Lipinski definition) is 3. The van der Waals surface area contributed by atoms with Gasteiger partial charge >= 0.3 is 0 Å². The summed E-state index contributed by atoms with van der Waals surface area (Å²) in [5.41, 5.74) is 0. The Balaban J connectivity index is 2.37. The van der Waals surface area contributed by atoms with Crippen LogP contribution in [-0.4, -0.2) is 34.7 Å². The van der Waals surface area contributed by atoms with E-state index in [1.165, 1.54) is 6.33 Å². The normalized spacial score (nSPS) is 9.55. The van der Waals surface area contributed by atoms with Crippen LogP contribution in [0.25, 0.3) is 0 Å². The molecule has 11 heavy (non-hydrogen) atoms. The number of nitrogens with one attached hydrogen (secondary N) is 3. The van der Waals surface area contributed by atoms with Gasteiger partial charge in [-0.3, -0.25) is 10.1 Å². The lowest BCUT2D eigenvalue weighted by molar-refractivity contribution is -0.115. The first kappa shape index (κ1) is 7.67. The number of hydrogen-bond acceptors (Lipinski definition) is 4. The zero-order valence-electron chi connectivity index (χ0n) is 6.09. The van der Waals surface area contributed by atoms with Crippen LogP contribution in [0.3, 0.4) is 0 Å². The molecule has 6 nitrogen and oxygen atoms in total. The fraction of sp³-hybridized carbons (Fsp3) is 0.400. The highest BCUT2D eigenvalue weighted by Gasteiger charge is 2.00. The third kappa shape index (κ3) is 2.34. The zero-order chi connectivity index (χ0) is 8.10. The number of nitrogens with zero attached hydrogens (tertiary/aromatic N) is 2. The second-order valence-corrected chi connectivity index (χ2v) is 1.91. The summed E-state index contributed by atoms with van der Waals surface area (Å²) in [6.07, 6.45) is 1.33. The van der Waals surface area contributed by atoms with Crippen molar-refractivity contribution in [3.05, 3.63) is 6.33 Å². The molecular weight excluding hydrogens is 146 g/mol. The van der Waals surface area contributed by atoms with E-state index in [1.807, 2.05) is 0 Å². The van der Waals surface area contributed by atoms with Gasteiger partial charge in [0.1, 0.15) is 6.33 Å². The largest absolute Gasteiger partial charge is 0.311 e. The molecule has 0 aromatic carbocycles. The molecule has 0 atom stereocenters. The molecule has 0 unspecified atom stereocenters. The molecule has 0 radical (unpaired) electrons. The molecule has 1 aromatic heterocycles. The molecule has 0 aliphatic carbocycles. The number of likely N-dealkylation sites (N-methyl/N-ethyl adjacent to an activating group) is 1. The third-order valence-corrected chi connectivity index (χ3v) is 1.01. The Morgan fingerprint density at radius 2 is 2.64 bits per heavy atom. The molecule has 1 heterocycles. The van der Waals surface area contributed by atoms with Gasteiger partial charge < -0.3 is 5.32 Å². The molecule has 1 amide bonds. The van der Waals surface area contributed by atoms with Gasteiger partial charge in [-0.25, -0.2) is 5.10 Å². The lowest BCUT2D eigenvalue weighted by Crippen LogP contribution is -2.25. The minimum atomic E-state index is -0.149. The van der Waals surface area contributed by atoms with Crippen LogP contribution in [0.4, 0.5) is 5.95 Å². The van der Waals surface area contributed by atoms with Crippen LogP contribution in [-0.2, 0) is 4.79 Å². The molecule has 3 N–H and O–H groups in total. The Kier molecular flexibility index (Phi) is 2.56. The SMILES string of the molecule is CNCC(=O)Nc1ncn[nH]1. The Morgan fingerprint density at radius 3 is 3.18 bits per heavy atom. The van der Waals surface area contributed by atoms with Crippen LogP contribution in [0.5, 0.6) is 0 Å². The number of carbonyl (C=O) groups is 1. The number of amides is 1. The number of aromatic nitrogens is 3. The topological polar surface area (TPSA) is 82.7 Å². The predicted molar refractivity (Wildman–Crippen MR) is 38.9 cm³/mol. The van der Waals surface area contributed by atoms with Crippen molar-refractivity contribution in [3.8, 4) is 0 Å². The maximum atomic E-state index is 10.8. The monoisotopic (exact) mass is 155 g/mol. The fourth-order valence-corrected chi connectivity index (χ4v) is 0.603. The predicted octanol–water partition coefficient (Wildman–Crippen LogP) is -1.04. The third-order valence-electron chi connectivity index (χ3n) is 1.01. The minimum absolute atomic E-state index is 0.149. The quantitative estimate of drug-likeness (QED) is 0.520. The minimum Gasteiger partial charge on any atom is -0.311 e. The highest BCUT2D eigenvalue weighted by molar-refractivity contribution is 5.90. The van der Waals surface area contributed by atoms with Gasteiger partial charge in [0, 0.05) is 0 Å². The van der Waals surface area contributed by atoms with E-state index in [2.05, 4.69) is 25.8 Å². The van der Waals surface area contributed by atoms with Gasteiger partial charge in [-0.2, -0.15) is 10.1 Å². The van der Waals surface area contributed by atoms with Crippen LogP contribution in [0.15, 0.2) is 6.33 Å². The second kappa shape index (κ2) is 3.67. The smallest absolute Gasteiger partial charge is 0.240 e. The fourth-order valence-electron chi connectivity index (χ4n) is 0.603. The van der Waals surface area contributed by atoms with Crippen molar-refractivity contribution in [2.24, 2.45) is 0 Å². The maximum Gasteiger partial charge on any atom is 0.240 e. The van der Waals surface area contributed by atoms with E-state index in [0.29, 0.717) is 5.95 Å². The Bertz CT molecular complexity index is 219. The summed E-state index contributed by atoms with van der Waals surface area (Å²) in [6, 6.07) is 0. The summed E-state index contributed by atoms with van der Waals surface area (Å²) in [5, 5.41) is 11.3. The van der Waals surface area contributed by atoms with Crippen LogP contribution in [0.1, 0.15) is 0 Å². The Labute approximate surface area is 63.4 Å². The van der Waals surface area contributed by atoms with Crippen LogP contribution >= 0.6 is 0 Å². The zero-order valence-corrected chi connectivity index (χ0v) is 6.09. The summed E-state index contributed by atoms with van der Waals surface area (Å²) in [4.78, 5) is 14.6. The molecule has 0 bridgehead atoms. The van der Waals surface area contributed by atoms with E-state index < -0.39 is 0 Å². The number of aromatic amines is 1. The molecule has 0 aliphatic heterocycles. The average molecular weight is 155 g/mol. The number of H-pyrrole nitrogens is 1. The molecule has 0 aliphatic rings. The van der Waals surface area contributed by atoms with Crippen molar-refractivity contribution in [3.63, 3.8) is 0 Å². The van der Waals surface area contributed by atoms with Crippen molar-refractivity contribution in [2.45, 2.75) is 0 Å². The summed E-state index contributed by atoms with van der Waals surface area (Å²) in [5.74, 6) is 0.217. The van der Waals surface area contributed by atoms with Crippen LogP contribution in [0.2, 0.25) is 0 Å². The van der Waals surface area contributed by atoms with Gasteiger partial charge in [-0.05, 0) is 7.05 Å². The van der Waals surface area contributed by atoms with E-state index in [0.717, 1.165) is 0 Å². The van der Waals surface area contributed by atoms with Gasteiger partial charge in [-0.1, -0.05) is 0 Å². The summed E-state index contributed by atoms with van der Waals surface area (Å²) >= 11 is 0. The van der Waals surface area contributed by atoms with Gasteiger partial charge in [0.15, 0.2) is 0 Å². The molecule has 0 fully saturated rings. The highest BCUT2D eigenvalue weighted by Crippen LogP contribution is 1.90. The van der Waals surface area contributed by atoms with Crippen molar-refractivity contribution in [1.29, 1.82) is 0 Å². The molecule has 0 saturated carbocycles. The molecule has 0 spiro atoms. The molecule has 6 heteroatoms. The summed E-state index contributed by atoms with van der Waals surface area (Å²) < 4.78 is 0. The standard InChI is InChI=1S/C5H9N5O/c1-6-2-4(11)9-5-7-3-8-10-5/h3,6H,2H2,1H3,(H2,7,8,9,10,11). The first-order valence-electron chi connectivity index (χ1n) is 3.12. The van der Waals surface area contributed by atoms with Crippen LogP contribution < -0.4 is 10.6 Å². The molecular formula is C5H9N5O. The molecule has 1 rings (SSSR count). The lowest BCUT2D eigenvalue weighted by Gasteiger charge is -1.98.